The lowest BCUT2D eigenvalue weighted by molar-refractivity contribution is -0.122. The number of amides is 1. The highest BCUT2D eigenvalue weighted by atomic mass is 16.1. The van der Waals surface area contributed by atoms with Crippen molar-refractivity contribution in [3.05, 3.63) is 0 Å². The molecule has 0 saturated heterocycles. The van der Waals surface area contributed by atoms with Gasteiger partial charge in [-0.15, -0.1) is 0 Å². The van der Waals surface area contributed by atoms with E-state index in [1.165, 1.54) is 57.8 Å². The molecule has 0 fully saturated rings. The Morgan fingerprint density at radius 1 is 0.800 bits per heavy atom. The molecule has 20 heavy (non-hydrogen) atoms. The van der Waals surface area contributed by atoms with Crippen LogP contribution >= 0.6 is 0 Å². The van der Waals surface area contributed by atoms with E-state index in [1.807, 2.05) is 6.92 Å². The lowest BCUT2D eigenvalue weighted by Crippen LogP contribution is -2.45. The molecule has 2 heteroatoms. The molecule has 0 rings (SSSR count). The molecule has 1 atom stereocenters. The molecule has 120 valence electrons. The van der Waals surface area contributed by atoms with Crippen molar-refractivity contribution < 1.29 is 4.79 Å². The van der Waals surface area contributed by atoms with E-state index in [-0.39, 0.29) is 11.4 Å². The molecule has 2 nitrogen and oxygen atoms in total. The van der Waals surface area contributed by atoms with E-state index < -0.39 is 0 Å². The summed E-state index contributed by atoms with van der Waals surface area (Å²) in [5.74, 6) is 0.205. The fourth-order valence-corrected chi connectivity index (χ4v) is 2.74. The molecule has 0 radical (unpaired) electrons. The predicted octanol–water partition coefficient (Wildman–Crippen LogP) is 5.60. The first-order valence-electron chi connectivity index (χ1n) is 8.89. The van der Waals surface area contributed by atoms with Gasteiger partial charge in [0.15, 0.2) is 0 Å². The predicted molar refractivity (Wildman–Crippen MR) is 89.0 cm³/mol. The highest BCUT2D eigenvalue weighted by Crippen LogP contribution is 2.23. The second kappa shape index (κ2) is 12.2. The first-order chi connectivity index (χ1) is 9.58. The Bertz CT molecular complexity index is 240. The van der Waals surface area contributed by atoms with Crippen LogP contribution in [0.2, 0.25) is 0 Å². The summed E-state index contributed by atoms with van der Waals surface area (Å²) in [6.07, 6.45) is 14.5. The van der Waals surface area contributed by atoms with Crippen LogP contribution in [-0.4, -0.2) is 11.4 Å². The minimum absolute atomic E-state index is 0.0209. The smallest absolute Gasteiger partial charge is 0.220 e. The summed E-state index contributed by atoms with van der Waals surface area (Å²) in [5, 5.41) is 3.27. The molecule has 0 aromatic carbocycles. The summed E-state index contributed by atoms with van der Waals surface area (Å²) in [6, 6.07) is 0. The number of nitrogens with one attached hydrogen (secondary N) is 1. The first kappa shape index (κ1) is 19.5. The van der Waals surface area contributed by atoms with Gasteiger partial charge in [0.25, 0.3) is 0 Å². The topological polar surface area (TPSA) is 29.1 Å². The van der Waals surface area contributed by atoms with Crippen molar-refractivity contribution in [1.29, 1.82) is 0 Å². The molecule has 1 N–H and O–H groups in total. The summed E-state index contributed by atoms with van der Waals surface area (Å²) >= 11 is 0. The van der Waals surface area contributed by atoms with E-state index in [0.717, 1.165) is 12.8 Å². The summed E-state index contributed by atoms with van der Waals surface area (Å²) < 4.78 is 0. The molecule has 0 saturated carbocycles. The molecular weight excluding hydrogens is 246 g/mol. The Hall–Kier alpha value is -0.530. The highest BCUT2D eigenvalue weighted by molar-refractivity contribution is 5.76. The largest absolute Gasteiger partial charge is 0.351 e. The molecule has 0 aliphatic heterocycles. The SMILES string of the molecule is CCCCCCCC(C)(CCCCCC)NC(=O)CC. The zero-order valence-electron chi connectivity index (χ0n) is 14.4. The van der Waals surface area contributed by atoms with E-state index in [0.29, 0.717) is 6.42 Å². The maximum atomic E-state index is 11.7. The lowest BCUT2D eigenvalue weighted by Gasteiger charge is -2.31. The van der Waals surface area contributed by atoms with E-state index >= 15 is 0 Å². The van der Waals surface area contributed by atoms with Gasteiger partial charge < -0.3 is 5.32 Å². The van der Waals surface area contributed by atoms with Crippen molar-refractivity contribution in [3.63, 3.8) is 0 Å². The van der Waals surface area contributed by atoms with Crippen LogP contribution in [-0.2, 0) is 4.79 Å². The van der Waals surface area contributed by atoms with Crippen molar-refractivity contribution in [3.8, 4) is 0 Å². The third kappa shape index (κ3) is 10.3. The van der Waals surface area contributed by atoms with Gasteiger partial charge >= 0.3 is 0 Å². The Morgan fingerprint density at radius 3 is 1.70 bits per heavy atom. The van der Waals surface area contributed by atoms with Crippen molar-refractivity contribution >= 4 is 5.91 Å². The Labute approximate surface area is 127 Å². The van der Waals surface area contributed by atoms with Gasteiger partial charge in [0, 0.05) is 12.0 Å². The van der Waals surface area contributed by atoms with Crippen LogP contribution < -0.4 is 5.32 Å². The molecule has 1 amide bonds. The lowest BCUT2D eigenvalue weighted by atomic mass is 9.88. The number of rotatable bonds is 13. The number of unbranched alkanes of at least 4 members (excludes halogenated alkanes) is 7. The molecule has 0 heterocycles. The average molecular weight is 284 g/mol. The molecule has 1 unspecified atom stereocenters. The summed E-state index contributed by atoms with van der Waals surface area (Å²) in [6.45, 7) is 8.67. The summed E-state index contributed by atoms with van der Waals surface area (Å²) in [4.78, 5) is 11.7. The second-order valence-electron chi connectivity index (χ2n) is 6.44. The molecule has 0 aliphatic carbocycles. The third-order valence-electron chi connectivity index (χ3n) is 4.18. The van der Waals surface area contributed by atoms with Crippen LogP contribution in [0.1, 0.15) is 105 Å². The number of hydrogen-bond donors (Lipinski definition) is 1. The van der Waals surface area contributed by atoms with Crippen LogP contribution in [0.25, 0.3) is 0 Å². The zero-order chi connectivity index (χ0) is 15.3. The van der Waals surface area contributed by atoms with Crippen molar-refractivity contribution in [2.24, 2.45) is 0 Å². The minimum Gasteiger partial charge on any atom is -0.351 e. The van der Waals surface area contributed by atoms with E-state index in [9.17, 15) is 4.79 Å². The van der Waals surface area contributed by atoms with Gasteiger partial charge in [0.1, 0.15) is 0 Å². The van der Waals surface area contributed by atoms with E-state index in [2.05, 4.69) is 26.1 Å². The van der Waals surface area contributed by atoms with Gasteiger partial charge in [0.05, 0.1) is 0 Å². The monoisotopic (exact) mass is 283 g/mol. The maximum Gasteiger partial charge on any atom is 0.220 e. The zero-order valence-corrected chi connectivity index (χ0v) is 14.4. The average Bonchev–Trinajstić information content (AvgIpc) is 2.43. The van der Waals surface area contributed by atoms with Crippen LogP contribution in [0, 0.1) is 0 Å². The van der Waals surface area contributed by atoms with Crippen molar-refractivity contribution in [2.45, 2.75) is 110 Å². The fourth-order valence-electron chi connectivity index (χ4n) is 2.74. The van der Waals surface area contributed by atoms with Crippen LogP contribution in [0.5, 0.6) is 0 Å². The molecule has 0 spiro atoms. The quantitative estimate of drug-likeness (QED) is 0.438. The Balaban J connectivity index is 4.12. The van der Waals surface area contributed by atoms with Crippen LogP contribution in [0.4, 0.5) is 0 Å². The van der Waals surface area contributed by atoms with Gasteiger partial charge in [-0.2, -0.15) is 0 Å². The number of hydrogen-bond acceptors (Lipinski definition) is 1. The van der Waals surface area contributed by atoms with Gasteiger partial charge in [0.2, 0.25) is 5.91 Å². The minimum atomic E-state index is 0.0209. The standard InChI is InChI=1S/C18H37NO/c1-5-8-10-12-14-16-18(4,19-17(20)7-3)15-13-11-9-6-2/h5-16H2,1-4H3,(H,19,20). The molecule has 0 aliphatic rings. The van der Waals surface area contributed by atoms with E-state index in [4.69, 9.17) is 0 Å². The number of carbonyl (C=O) groups excluding carboxylic acids is 1. The Morgan fingerprint density at radius 2 is 1.25 bits per heavy atom. The molecule has 0 aromatic rings. The summed E-state index contributed by atoms with van der Waals surface area (Å²) in [5.41, 5.74) is 0.0209. The molecule has 0 aromatic heterocycles. The van der Waals surface area contributed by atoms with Crippen LogP contribution in [0.15, 0.2) is 0 Å². The van der Waals surface area contributed by atoms with E-state index in [1.54, 1.807) is 0 Å². The van der Waals surface area contributed by atoms with Crippen molar-refractivity contribution in [2.75, 3.05) is 0 Å². The third-order valence-corrected chi connectivity index (χ3v) is 4.18. The maximum absolute atomic E-state index is 11.7. The van der Waals surface area contributed by atoms with Gasteiger partial charge in [-0.25, -0.2) is 0 Å². The second-order valence-corrected chi connectivity index (χ2v) is 6.44. The molecular formula is C18H37NO. The fraction of sp³-hybridized carbons (Fsp3) is 0.944. The van der Waals surface area contributed by atoms with Crippen LogP contribution in [0.3, 0.4) is 0 Å². The molecule has 0 bridgehead atoms. The number of carbonyl (C=O) groups is 1. The highest BCUT2D eigenvalue weighted by Gasteiger charge is 2.24. The Kier molecular flexibility index (Phi) is 11.9. The van der Waals surface area contributed by atoms with Gasteiger partial charge in [-0.3, -0.25) is 4.79 Å². The first-order valence-corrected chi connectivity index (χ1v) is 8.89. The van der Waals surface area contributed by atoms with Gasteiger partial charge in [-0.05, 0) is 19.8 Å². The normalized spacial score (nSPS) is 14.0. The van der Waals surface area contributed by atoms with Gasteiger partial charge in [-0.1, -0.05) is 78.6 Å². The van der Waals surface area contributed by atoms with Crippen molar-refractivity contribution in [1.82, 2.24) is 5.32 Å². The summed E-state index contributed by atoms with van der Waals surface area (Å²) in [7, 11) is 0.